The van der Waals surface area contributed by atoms with E-state index >= 15 is 0 Å². The predicted octanol–water partition coefficient (Wildman–Crippen LogP) is 3.20. The summed E-state index contributed by atoms with van der Waals surface area (Å²) in [6.45, 7) is 1.91. The van der Waals surface area contributed by atoms with Crippen molar-refractivity contribution in [2.45, 2.75) is 38.3 Å². The van der Waals surface area contributed by atoms with E-state index in [4.69, 9.17) is 16.7 Å². The van der Waals surface area contributed by atoms with Crippen molar-refractivity contribution in [1.82, 2.24) is 5.32 Å². The zero-order valence-electron chi connectivity index (χ0n) is 10.3. The summed E-state index contributed by atoms with van der Waals surface area (Å²) in [7, 11) is 0. The van der Waals surface area contributed by atoms with E-state index in [1.54, 1.807) is 18.2 Å². The van der Waals surface area contributed by atoms with Gasteiger partial charge in [-0.15, -0.1) is 0 Å². The van der Waals surface area contributed by atoms with Crippen LogP contribution in [0.15, 0.2) is 24.3 Å². The molecule has 3 N–H and O–H groups in total. The summed E-state index contributed by atoms with van der Waals surface area (Å²) in [5.41, 5.74) is 0.685. The minimum Gasteiger partial charge on any atom is -0.465 e. The highest BCUT2D eigenvalue weighted by atomic mass is 35.5. The molecule has 0 heterocycles. The van der Waals surface area contributed by atoms with Crippen LogP contribution in [0.1, 0.15) is 37.9 Å². The van der Waals surface area contributed by atoms with Crippen LogP contribution in [-0.4, -0.2) is 22.3 Å². The third kappa shape index (κ3) is 4.55. The molecule has 18 heavy (non-hydrogen) atoms. The highest BCUT2D eigenvalue weighted by Crippen LogP contribution is 2.26. The summed E-state index contributed by atoms with van der Waals surface area (Å²) in [4.78, 5) is 10.5. The first-order valence-electron chi connectivity index (χ1n) is 5.96. The lowest BCUT2D eigenvalue weighted by atomic mass is 10.0. The highest BCUT2D eigenvalue weighted by Gasteiger charge is 2.15. The van der Waals surface area contributed by atoms with Gasteiger partial charge in [-0.25, -0.2) is 4.79 Å². The minimum atomic E-state index is -1.03. The first-order valence-corrected chi connectivity index (χ1v) is 6.34. The van der Waals surface area contributed by atoms with Crippen molar-refractivity contribution in [2.24, 2.45) is 0 Å². The van der Waals surface area contributed by atoms with Crippen molar-refractivity contribution in [2.75, 3.05) is 0 Å². The van der Waals surface area contributed by atoms with E-state index in [1.165, 1.54) is 0 Å². The van der Waals surface area contributed by atoms with Crippen molar-refractivity contribution in [1.29, 1.82) is 0 Å². The van der Waals surface area contributed by atoms with E-state index in [-0.39, 0.29) is 6.04 Å². The molecule has 2 atom stereocenters. The Morgan fingerprint density at radius 3 is 2.61 bits per heavy atom. The third-order valence-corrected chi connectivity index (χ3v) is 3.22. The van der Waals surface area contributed by atoms with Gasteiger partial charge in [0.15, 0.2) is 0 Å². The van der Waals surface area contributed by atoms with Crippen LogP contribution in [0.4, 0.5) is 4.79 Å². The number of rotatable bonds is 6. The number of hydrogen-bond acceptors (Lipinski definition) is 2. The molecule has 5 heteroatoms. The van der Waals surface area contributed by atoms with Gasteiger partial charge in [-0.1, -0.05) is 36.7 Å². The van der Waals surface area contributed by atoms with Gasteiger partial charge in [0, 0.05) is 11.1 Å². The summed E-state index contributed by atoms with van der Waals surface area (Å²) in [6, 6.07) is 6.99. The van der Waals surface area contributed by atoms with Gasteiger partial charge in [0.25, 0.3) is 0 Å². The Kier molecular flexibility index (Phi) is 5.95. The molecule has 2 unspecified atom stereocenters. The molecule has 0 radical (unpaired) electrons. The molecular formula is C13H18ClNO3. The lowest BCUT2D eigenvalue weighted by Crippen LogP contribution is -2.33. The lowest BCUT2D eigenvalue weighted by Gasteiger charge is -2.18. The molecule has 1 aromatic rings. The van der Waals surface area contributed by atoms with Crippen LogP contribution in [0.3, 0.4) is 0 Å². The summed E-state index contributed by atoms with van der Waals surface area (Å²) < 4.78 is 0. The smallest absolute Gasteiger partial charge is 0.404 e. The number of nitrogens with one attached hydrogen (secondary N) is 1. The Bertz CT molecular complexity index is 398. The molecule has 0 saturated carbocycles. The highest BCUT2D eigenvalue weighted by molar-refractivity contribution is 6.31. The van der Waals surface area contributed by atoms with Crippen LogP contribution in [0.2, 0.25) is 5.02 Å². The fourth-order valence-electron chi connectivity index (χ4n) is 1.81. The minimum absolute atomic E-state index is 0.139. The normalized spacial score (nSPS) is 13.9. The molecule has 0 saturated heterocycles. The SMILES string of the molecule is CCC(CCC(O)c1ccccc1Cl)NC(=O)O. The van der Waals surface area contributed by atoms with Crippen molar-refractivity contribution in [3.05, 3.63) is 34.9 Å². The molecule has 0 fully saturated rings. The average Bonchev–Trinajstić information content (AvgIpc) is 2.34. The van der Waals surface area contributed by atoms with Crippen molar-refractivity contribution in [3.63, 3.8) is 0 Å². The molecule has 0 aromatic heterocycles. The molecule has 1 amide bonds. The number of carboxylic acid groups (broad SMARTS) is 1. The number of carbonyl (C=O) groups is 1. The number of aliphatic hydroxyl groups is 1. The van der Waals surface area contributed by atoms with E-state index < -0.39 is 12.2 Å². The number of benzene rings is 1. The fraction of sp³-hybridized carbons (Fsp3) is 0.462. The summed E-state index contributed by atoms with van der Waals surface area (Å²) >= 11 is 5.98. The Hall–Kier alpha value is -1.26. The Morgan fingerprint density at radius 1 is 1.39 bits per heavy atom. The number of amides is 1. The molecular weight excluding hydrogens is 254 g/mol. The molecule has 0 bridgehead atoms. The van der Waals surface area contributed by atoms with Gasteiger partial charge in [0.2, 0.25) is 0 Å². The first-order chi connectivity index (χ1) is 8.54. The van der Waals surface area contributed by atoms with E-state index in [0.717, 1.165) is 0 Å². The quantitative estimate of drug-likeness (QED) is 0.744. The monoisotopic (exact) mass is 271 g/mol. The van der Waals surface area contributed by atoms with Gasteiger partial charge >= 0.3 is 6.09 Å². The van der Waals surface area contributed by atoms with Crippen LogP contribution in [0.5, 0.6) is 0 Å². The van der Waals surface area contributed by atoms with Gasteiger partial charge in [-0.05, 0) is 30.9 Å². The van der Waals surface area contributed by atoms with Crippen LogP contribution >= 0.6 is 11.6 Å². The standard InChI is InChI=1S/C13H18ClNO3/c1-2-9(15-13(17)18)7-8-12(16)10-5-3-4-6-11(10)14/h3-6,9,12,15-16H,2,7-8H2,1H3,(H,17,18). The van der Waals surface area contributed by atoms with E-state index in [0.29, 0.717) is 29.8 Å². The maximum Gasteiger partial charge on any atom is 0.404 e. The van der Waals surface area contributed by atoms with Gasteiger partial charge in [0.05, 0.1) is 6.10 Å². The van der Waals surface area contributed by atoms with Crippen LogP contribution in [0, 0.1) is 0 Å². The molecule has 0 aliphatic rings. The second-order valence-electron chi connectivity index (χ2n) is 4.17. The zero-order chi connectivity index (χ0) is 13.5. The van der Waals surface area contributed by atoms with Crippen molar-refractivity contribution < 1.29 is 15.0 Å². The second kappa shape index (κ2) is 7.24. The number of aliphatic hydroxyl groups excluding tert-OH is 1. The lowest BCUT2D eigenvalue weighted by molar-refractivity contribution is 0.155. The van der Waals surface area contributed by atoms with Crippen molar-refractivity contribution >= 4 is 17.7 Å². The third-order valence-electron chi connectivity index (χ3n) is 2.87. The molecule has 100 valence electrons. The average molecular weight is 272 g/mol. The maximum atomic E-state index is 10.5. The second-order valence-corrected chi connectivity index (χ2v) is 4.58. The Morgan fingerprint density at radius 2 is 2.06 bits per heavy atom. The Balaban J connectivity index is 2.52. The van der Waals surface area contributed by atoms with Crippen LogP contribution < -0.4 is 5.32 Å². The van der Waals surface area contributed by atoms with Crippen molar-refractivity contribution in [3.8, 4) is 0 Å². The predicted molar refractivity (Wildman–Crippen MR) is 70.9 cm³/mol. The summed E-state index contributed by atoms with van der Waals surface area (Å²) in [6.07, 6.45) is 0.0524. The molecule has 0 aliphatic heterocycles. The van der Waals surface area contributed by atoms with Crippen LogP contribution in [-0.2, 0) is 0 Å². The summed E-state index contributed by atoms with van der Waals surface area (Å²) in [5, 5.41) is 21.6. The van der Waals surface area contributed by atoms with Gasteiger partial charge < -0.3 is 15.5 Å². The van der Waals surface area contributed by atoms with E-state index in [1.807, 2.05) is 13.0 Å². The van der Waals surface area contributed by atoms with Gasteiger partial charge in [-0.2, -0.15) is 0 Å². The van der Waals surface area contributed by atoms with Crippen LogP contribution in [0.25, 0.3) is 0 Å². The van der Waals surface area contributed by atoms with Gasteiger partial charge in [-0.3, -0.25) is 0 Å². The zero-order valence-corrected chi connectivity index (χ0v) is 11.0. The molecule has 0 spiro atoms. The molecule has 0 aliphatic carbocycles. The molecule has 4 nitrogen and oxygen atoms in total. The number of hydrogen-bond donors (Lipinski definition) is 3. The topological polar surface area (TPSA) is 69.6 Å². The summed E-state index contributed by atoms with van der Waals surface area (Å²) in [5.74, 6) is 0. The number of halogens is 1. The largest absolute Gasteiger partial charge is 0.465 e. The molecule has 1 aromatic carbocycles. The molecule has 1 rings (SSSR count). The Labute approximate surface area is 112 Å². The van der Waals surface area contributed by atoms with E-state index in [9.17, 15) is 9.90 Å². The van der Waals surface area contributed by atoms with Gasteiger partial charge in [0.1, 0.15) is 0 Å². The first kappa shape index (κ1) is 14.8. The van der Waals surface area contributed by atoms with E-state index in [2.05, 4.69) is 5.32 Å². The fourth-order valence-corrected chi connectivity index (χ4v) is 2.07. The maximum absolute atomic E-state index is 10.5.